The SMILES string of the molecule is C[C@H](C(=O)NC1CCCCC1)N(Cc1cccc(Br)c1)C(=O)CN(c1ccccc1F)S(=O)(=O)c1ccccc1. The van der Waals surface area contributed by atoms with Crippen LogP contribution in [0.15, 0.2) is 88.2 Å². The molecular formula is C30H33BrFN3O4S. The number of carbonyl (C=O) groups is 2. The molecule has 10 heteroatoms. The highest BCUT2D eigenvalue weighted by Gasteiger charge is 2.34. The lowest BCUT2D eigenvalue weighted by Gasteiger charge is -2.33. The third kappa shape index (κ3) is 7.28. The highest BCUT2D eigenvalue weighted by atomic mass is 79.9. The average Bonchev–Trinajstić information content (AvgIpc) is 2.95. The lowest BCUT2D eigenvalue weighted by molar-refractivity contribution is -0.139. The Balaban J connectivity index is 1.68. The second kappa shape index (κ2) is 13.4. The van der Waals surface area contributed by atoms with Crippen molar-refractivity contribution >= 4 is 43.5 Å². The third-order valence-corrected chi connectivity index (χ3v) is 9.36. The topological polar surface area (TPSA) is 86.8 Å². The molecule has 4 rings (SSSR count). The number of anilines is 1. The number of carbonyl (C=O) groups excluding carboxylic acids is 2. The number of nitrogens with zero attached hydrogens (tertiary/aromatic N) is 2. The van der Waals surface area contributed by atoms with Gasteiger partial charge in [-0.15, -0.1) is 0 Å². The van der Waals surface area contributed by atoms with Crippen LogP contribution < -0.4 is 9.62 Å². The maximum absolute atomic E-state index is 15.0. The molecule has 40 heavy (non-hydrogen) atoms. The van der Waals surface area contributed by atoms with E-state index in [9.17, 15) is 22.4 Å². The van der Waals surface area contributed by atoms with E-state index in [1.54, 1.807) is 25.1 Å². The van der Waals surface area contributed by atoms with E-state index in [1.807, 2.05) is 24.3 Å². The predicted molar refractivity (Wildman–Crippen MR) is 157 cm³/mol. The summed E-state index contributed by atoms with van der Waals surface area (Å²) in [5.41, 5.74) is 0.504. The largest absolute Gasteiger partial charge is 0.352 e. The Morgan fingerprint density at radius 3 is 2.33 bits per heavy atom. The Labute approximate surface area is 243 Å². The van der Waals surface area contributed by atoms with Crippen LogP contribution in [0.4, 0.5) is 10.1 Å². The van der Waals surface area contributed by atoms with Gasteiger partial charge in [0.1, 0.15) is 18.4 Å². The van der Waals surface area contributed by atoms with Crippen LogP contribution in [0.25, 0.3) is 0 Å². The van der Waals surface area contributed by atoms with Crippen LogP contribution in [0, 0.1) is 5.82 Å². The van der Waals surface area contributed by atoms with Crippen LogP contribution in [0.2, 0.25) is 0 Å². The van der Waals surface area contributed by atoms with E-state index in [0.717, 1.165) is 52.5 Å². The van der Waals surface area contributed by atoms with Crippen LogP contribution in [0.3, 0.4) is 0 Å². The first-order chi connectivity index (χ1) is 19.2. The van der Waals surface area contributed by atoms with E-state index in [0.29, 0.717) is 0 Å². The summed E-state index contributed by atoms with van der Waals surface area (Å²) < 4.78 is 44.0. The van der Waals surface area contributed by atoms with Crippen LogP contribution in [-0.2, 0) is 26.2 Å². The Morgan fingerprint density at radius 1 is 0.975 bits per heavy atom. The smallest absolute Gasteiger partial charge is 0.264 e. The van der Waals surface area contributed by atoms with Gasteiger partial charge in [0.15, 0.2) is 0 Å². The van der Waals surface area contributed by atoms with E-state index in [4.69, 9.17) is 0 Å². The summed E-state index contributed by atoms with van der Waals surface area (Å²) in [6, 6.07) is 19.5. The van der Waals surface area contributed by atoms with Crippen LogP contribution in [0.1, 0.15) is 44.6 Å². The fraction of sp³-hybridized carbons (Fsp3) is 0.333. The molecule has 1 atom stereocenters. The molecule has 1 N–H and O–H groups in total. The van der Waals surface area contributed by atoms with E-state index in [1.165, 1.54) is 35.2 Å². The number of rotatable bonds is 10. The minimum atomic E-state index is -4.32. The van der Waals surface area contributed by atoms with Gasteiger partial charge in [-0.05, 0) is 61.7 Å². The first kappa shape index (κ1) is 29.7. The maximum atomic E-state index is 15.0. The van der Waals surface area contributed by atoms with Gasteiger partial charge >= 0.3 is 0 Å². The third-order valence-electron chi connectivity index (χ3n) is 7.09. The standard InChI is InChI=1S/C30H33BrFN3O4S/c1-22(30(37)33-25-13-4-2-5-14-25)34(20-23-11-10-12-24(31)19-23)29(36)21-35(28-18-9-8-17-27(28)32)40(38,39)26-15-6-3-7-16-26/h3,6-12,15-19,22,25H,2,4-5,13-14,20-21H2,1H3,(H,33,37)/t22-/m1/s1. The molecule has 0 aliphatic heterocycles. The van der Waals surface area contributed by atoms with Crippen molar-refractivity contribution in [3.8, 4) is 0 Å². The van der Waals surface area contributed by atoms with Crippen molar-refractivity contribution in [1.29, 1.82) is 0 Å². The number of halogens is 2. The van der Waals surface area contributed by atoms with Crippen molar-refractivity contribution in [2.45, 2.75) is 62.6 Å². The van der Waals surface area contributed by atoms with Gasteiger partial charge in [-0.25, -0.2) is 12.8 Å². The van der Waals surface area contributed by atoms with Crippen LogP contribution in [-0.4, -0.2) is 43.8 Å². The Bertz CT molecular complexity index is 1430. The normalized spacial score (nSPS) is 14.8. The Kier molecular flexibility index (Phi) is 9.97. The monoisotopic (exact) mass is 629 g/mol. The molecule has 1 aliphatic carbocycles. The predicted octanol–water partition coefficient (Wildman–Crippen LogP) is 5.65. The molecule has 0 bridgehead atoms. The van der Waals surface area contributed by atoms with Crippen molar-refractivity contribution in [2.24, 2.45) is 0 Å². The highest BCUT2D eigenvalue weighted by molar-refractivity contribution is 9.10. The average molecular weight is 631 g/mol. The molecule has 7 nitrogen and oxygen atoms in total. The molecule has 3 aromatic carbocycles. The number of amides is 2. The van der Waals surface area contributed by atoms with Crippen molar-refractivity contribution < 1.29 is 22.4 Å². The van der Waals surface area contributed by atoms with E-state index in [2.05, 4.69) is 21.2 Å². The quantitative estimate of drug-likeness (QED) is 0.314. The fourth-order valence-electron chi connectivity index (χ4n) is 4.87. The second-order valence-corrected chi connectivity index (χ2v) is 12.7. The number of sulfonamides is 1. The number of nitrogens with one attached hydrogen (secondary N) is 1. The molecule has 0 spiro atoms. The summed E-state index contributed by atoms with van der Waals surface area (Å²) in [6.07, 6.45) is 4.98. The summed E-state index contributed by atoms with van der Waals surface area (Å²) in [4.78, 5) is 28.6. The van der Waals surface area contributed by atoms with Gasteiger partial charge in [-0.3, -0.25) is 13.9 Å². The van der Waals surface area contributed by atoms with Gasteiger partial charge in [0.2, 0.25) is 11.8 Å². The highest BCUT2D eigenvalue weighted by Crippen LogP contribution is 2.27. The summed E-state index contributed by atoms with van der Waals surface area (Å²) in [5.74, 6) is -1.72. The van der Waals surface area contributed by atoms with Crippen LogP contribution in [0.5, 0.6) is 0 Å². The van der Waals surface area contributed by atoms with Gasteiger partial charge in [0.05, 0.1) is 10.6 Å². The summed E-state index contributed by atoms with van der Waals surface area (Å²) >= 11 is 3.44. The molecule has 0 heterocycles. The summed E-state index contributed by atoms with van der Waals surface area (Å²) in [5, 5.41) is 3.07. The lowest BCUT2D eigenvalue weighted by Crippen LogP contribution is -2.53. The molecule has 0 radical (unpaired) electrons. The minimum Gasteiger partial charge on any atom is -0.352 e. The minimum absolute atomic E-state index is 0.0416. The van der Waals surface area contributed by atoms with Gasteiger partial charge in [0, 0.05) is 17.1 Å². The molecule has 1 aliphatic rings. The maximum Gasteiger partial charge on any atom is 0.264 e. The second-order valence-electron chi connectivity index (χ2n) is 9.95. The first-order valence-electron chi connectivity index (χ1n) is 13.3. The molecule has 3 aromatic rings. The van der Waals surface area contributed by atoms with Gasteiger partial charge in [-0.1, -0.05) is 77.7 Å². The molecule has 1 fully saturated rings. The van der Waals surface area contributed by atoms with E-state index in [-0.39, 0.29) is 29.1 Å². The zero-order chi connectivity index (χ0) is 28.7. The number of benzene rings is 3. The van der Waals surface area contributed by atoms with Crippen molar-refractivity contribution in [3.05, 3.63) is 94.7 Å². The van der Waals surface area contributed by atoms with Crippen molar-refractivity contribution in [3.63, 3.8) is 0 Å². The first-order valence-corrected chi connectivity index (χ1v) is 15.6. The van der Waals surface area contributed by atoms with E-state index >= 15 is 0 Å². The molecule has 2 amide bonds. The molecule has 0 saturated heterocycles. The zero-order valence-electron chi connectivity index (χ0n) is 22.3. The lowest BCUT2D eigenvalue weighted by atomic mass is 9.95. The fourth-order valence-corrected chi connectivity index (χ4v) is 6.76. The number of hydrogen-bond acceptors (Lipinski definition) is 4. The van der Waals surface area contributed by atoms with Gasteiger partial charge in [-0.2, -0.15) is 0 Å². The molecular weight excluding hydrogens is 597 g/mol. The molecule has 1 saturated carbocycles. The molecule has 212 valence electrons. The van der Waals surface area contributed by atoms with Gasteiger partial charge < -0.3 is 10.2 Å². The summed E-state index contributed by atoms with van der Waals surface area (Å²) in [6.45, 7) is 1.01. The van der Waals surface area contributed by atoms with Crippen molar-refractivity contribution in [1.82, 2.24) is 10.2 Å². The molecule has 0 unspecified atom stereocenters. The van der Waals surface area contributed by atoms with Crippen LogP contribution >= 0.6 is 15.9 Å². The van der Waals surface area contributed by atoms with Crippen molar-refractivity contribution in [2.75, 3.05) is 10.8 Å². The Hall–Kier alpha value is -3.24. The van der Waals surface area contributed by atoms with Gasteiger partial charge in [0.25, 0.3) is 10.0 Å². The Morgan fingerprint density at radius 2 is 1.65 bits per heavy atom. The summed E-state index contributed by atoms with van der Waals surface area (Å²) in [7, 11) is -4.32. The zero-order valence-corrected chi connectivity index (χ0v) is 24.7. The number of para-hydroxylation sites is 1. The number of hydrogen-bond donors (Lipinski definition) is 1. The van der Waals surface area contributed by atoms with E-state index < -0.39 is 34.3 Å². The molecule has 0 aromatic heterocycles.